The van der Waals surface area contributed by atoms with Gasteiger partial charge in [-0.2, -0.15) is 13.1 Å². The van der Waals surface area contributed by atoms with Crippen LogP contribution in [0.25, 0.3) is 0 Å². The average molecular weight is 298 g/mol. The van der Waals surface area contributed by atoms with E-state index < -0.39 is 24.3 Å². The highest BCUT2D eigenvalue weighted by Gasteiger charge is 2.59. The number of thiol groups is 1. The van der Waals surface area contributed by atoms with Gasteiger partial charge in [0.25, 0.3) is 0 Å². The van der Waals surface area contributed by atoms with Gasteiger partial charge in [-0.05, 0) is 30.1 Å². The maximum Gasteiger partial charge on any atom is 0.483 e. The maximum atomic E-state index is 13.0. The SMILES string of the molecule is CC1(C)C2CC(OC(=O)C(F)(F)OOS)C(O)C1C2. The molecule has 0 saturated heterocycles. The predicted molar refractivity (Wildman–Crippen MR) is 62.0 cm³/mol. The Bertz CT molecular complexity index is 376. The first-order chi connectivity index (χ1) is 8.70. The quantitative estimate of drug-likeness (QED) is 0.272. The van der Waals surface area contributed by atoms with E-state index in [0.29, 0.717) is 6.42 Å². The normalized spacial score (nSPS) is 36.5. The predicted octanol–water partition coefficient (Wildman–Crippen LogP) is 1.71. The fraction of sp³-hybridized carbons (Fsp3) is 0.909. The summed E-state index contributed by atoms with van der Waals surface area (Å²) < 4.78 is 34.1. The number of alkyl halides is 2. The van der Waals surface area contributed by atoms with Gasteiger partial charge in [-0.25, -0.2) is 4.79 Å². The monoisotopic (exact) mass is 298 g/mol. The molecule has 0 heterocycles. The van der Waals surface area contributed by atoms with Crippen LogP contribution in [0.3, 0.4) is 0 Å². The molecule has 0 radical (unpaired) electrons. The molecular weight excluding hydrogens is 282 g/mol. The van der Waals surface area contributed by atoms with E-state index in [-0.39, 0.29) is 17.3 Å². The second-order valence-electron chi connectivity index (χ2n) is 5.71. The van der Waals surface area contributed by atoms with Gasteiger partial charge < -0.3 is 9.84 Å². The third-order valence-electron chi connectivity index (χ3n) is 4.49. The van der Waals surface area contributed by atoms with Crippen LogP contribution in [-0.4, -0.2) is 29.4 Å². The van der Waals surface area contributed by atoms with Gasteiger partial charge in [-0.15, -0.1) is 4.89 Å². The molecule has 4 atom stereocenters. The summed E-state index contributed by atoms with van der Waals surface area (Å²) in [5.41, 5.74) is -0.0461. The zero-order chi connectivity index (χ0) is 14.4. The van der Waals surface area contributed by atoms with Crippen molar-refractivity contribution in [1.29, 1.82) is 0 Å². The molecule has 2 bridgehead atoms. The lowest BCUT2D eigenvalue weighted by atomic mass is 9.47. The van der Waals surface area contributed by atoms with Crippen molar-refractivity contribution in [3.05, 3.63) is 0 Å². The smallest absolute Gasteiger partial charge is 0.453 e. The first-order valence-corrected chi connectivity index (χ1v) is 6.33. The number of hydrogen-bond acceptors (Lipinski definition) is 6. The van der Waals surface area contributed by atoms with E-state index >= 15 is 0 Å². The highest BCUT2D eigenvalue weighted by atomic mass is 32.1. The lowest BCUT2D eigenvalue weighted by Crippen LogP contribution is -2.61. The summed E-state index contributed by atoms with van der Waals surface area (Å²) in [6.07, 6.45) is -4.91. The first-order valence-electron chi connectivity index (χ1n) is 5.96. The molecule has 3 aliphatic carbocycles. The minimum Gasteiger partial charge on any atom is -0.453 e. The summed E-state index contributed by atoms with van der Waals surface area (Å²) in [6.45, 7) is 4.03. The van der Waals surface area contributed by atoms with Crippen molar-refractivity contribution in [2.75, 3.05) is 0 Å². The molecule has 1 N–H and O–H groups in total. The van der Waals surface area contributed by atoms with Crippen LogP contribution in [0.2, 0.25) is 0 Å². The molecule has 5 nitrogen and oxygen atoms in total. The largest absolute Gasteiger partial charge is 0.483 e. The number of aliphatic hydroxyl groups is 1. The fourth-order valence-corrected chi connectivity index (χ4v) is 3.21. The second-order valence-corrected chi connectivity index (χ2v) is 5.85. The number of halogens is 2. The van der Waals surface area contributed by atoms with E-state index in [9.17, 15) is 18.7 Å². The number of carbonyl (C=O) groups is 1. The Kier molecular flexibility index (Phi) is 3.81. The highest BCUT2D eigenvalue weighted by Crippen LogP contribution is 2.59. The molecule has 110 valence electrons. The van der Waals surface area contributed by atoms with Gasteiger partial charge in [0, 0.05) is 12.9 Å². The zero-order valence-electron chi connectivity index (χ0n) is 10.5. The van der Waals surface area contributed by atoms with Crippen molar-refractivity contribution in [2.45, 2.75) is 45.0 Å². The van der Waals surface area contributed by atoms with Crippen molar-refractivity contribution >= 4 is 18.9 Å². The van der Waals surface area contributed by atoms with Crippen LogP contribution in [0.4, 0.5) is 8.78 Å². The molecule has 0 aliphatic heterocycles. The minimum absolute atomic E-state index is 0.0419. The molecule has 8 heteroatoms. The molecular formula is C11H16F2O5S. The molecule has 19 heavy (non-hydrogen) atoms. The molecule has 0 aromatic carbocycles. The van der Waals surface area contributed by atoms with Gasteiger partial charge in [0.1, 0.15) is 6.10 Å². The van der Waals surface area contributed by atoms with E-state index in [1.165, 1.54) is 0 Å². The summed E-state index contributed by atoms with van der Waals surface area (Å²) in [4.78, 5) is 14.7. The molecule has 0 aromatic rings. The van der Waals surface area contributed by atoms with Gasteiger partial charge >= 0.3 is 12.1 Å². The van der Waals surface area contributed by atoms with Crippen LogP contribution in [0.1, 0.15) is 26.7 Å². The lowest BCUT2D eigenvalue weighted by molar-refractivity contribution is -0.372. The number of rotatable bonds is 4. The zero-order valence-corrected chi connectivity index (χ0v) is 11.4. The van der Waals surface area contributed by atoms with Crippen LogP contribution in [-0.2, 0) is 18.8 Å². The van der Waals surface area contributed by atoms with Gasteiger partial charge in [0.15, 0.2) is 0 Å². The van der Waals surface area contributed by atoms with Crippen molar-refractivity contribution in [3.8, 4) is 0 Å². The standard InChI is InChI=1S/C11H16F2O5S/c1-10(2)5-3-6(10)8(14)7(4-5)16-9(15)11(12,13)17-18-19/h5-8,14,19H,3-4H2,1-2H3. The molecule has 0 spiro atoms. The number of ether oxygens (including phenoxy) is 1. The van der Waals surface area contributed by atoms with E-state index in [0.717, 1.165) is 6.42 Å². The summed E-state index contributed by atoms with van der Waals surface area (Å²) in [5.74, 6) is -1.67. The summed E-state index contributed by atoms with van der Waals surface area (Å²) >= 11 is 2.98. The average Bonchev–Trinajstić information content (AvgIpc) is 2.30. The van der Waals surface area contributed by atoms with Crippen LogP contribution in [0.5, 0.6) is 0 Å². The Labute approximate surface area is 114 Å². The van der Waals surface area contributed by atoms with Crippen molar-refractivity contribution in [2.24, 2.45) is 17.3 Å². The number of aliphatic hydroxyl groups excluding tert-OH is 1. The Morgan fingerprint density at radius 2 is 2.05 bits per heavy atom. The molecule has 3 aliphatic rings. The van der Waals surface area contributed by atoms with Gasteiger partial charge in [0.2, 0.25) is 0 Å². The molecule has 3 saturated carbocycles. The van der Waals surface area contributed by atoms with Crippen LogP contribution < -0.4 is 0 Å². The van der Waals surface area contributed by atoms with E-state index in [4.69, 9.17) is 0 Å². The van der Waals surface area contributed by atoms with E-state index in [1.54, 1.807) is 0 Å². The molecule has 4 unspecified atom stereocenters. The molecule has 3 fully saturated rings. The van der Waals surface area contributed by atoms with Crippen molar-refractivity contribution in [1.82, 2.24) is 0 Å². The fourth-order valence-electron chi connectivity index (χ4n) is 3.12. The summed E-state index contributed by atoms with van der Waals surface area (Å²) in [7, 11) is 0. The van der Waals surface area contributed by atoms with E-state index in [1.807, 2.05) is 13.8 Å². The second kappa shape index (κ2) is 4.83. The Balaban J connectivity index is 1.97. The summed E-state index contributed by atoms with van der Waals surface area (Å²) in [5, 5.41) is 10.0. The van der Waals surface area contributed by atoms with Crippen LogP contribution >= 0.6 is 12.9 Å². The third kappa shape index (κ3) is 2.46. The van der Waals surface area contributed by atoms with Gasteiger partial charge in [0.05, 0.1) is 6.10 Å². The van der Waals surface area contributed by atoms with Crippen LogP contribution in [0.15, 0.2) is 0 Å². The molecule has 0 aromatic heterocycles. The van der Waals surface area contributed by atoms with Crippen molar-refractivity contribution < 1.29 is 32.6 Å². The molecule has 0 amide bonds. The van der Waals surface area contributed by atoms with Crippen LogP contribution in [0, 0.1) is 17.3 Å². The number of carbonyl (C=O) groups excluding carboxylic acids is 1. The highest BCUT2D eigenvalue weighted by molar-refractivity contribution is 7.74. The number of esters is 1. The first kappa shape index (κ1) is 15.0. The number of fused-ring (bicyclic) bond motifs is 2. The minimum atomic E-state index is -4.24. The molecule has 3 rings (SSSR count). The Morgan fingerprint density at radius 1 is 1.42 bits per heavy atom. The number of hydrogen-bond donors (Lipinski definition) is 2. The lowest BCUT2D eigenvalue weighted by Gasteiger charge is -2.60. The Hall–Kier alpha value is -0.440. The Morgan fingerprint density at radius 3 is 2.53 bits per heavy atom. The van der Waals surface area contributed by atoms with Crippen molar-refractivity contribution in [3.63, 3.8) is 0 Å². The summed E-state index contributed by atoms with van der Waals surface area (Å²) in [6, 6.07) is 0. The third-order valence-corrected chi connectivity index (χ3v) is 4.57. The van der Waals surface area contributed by atoms with Gasteiger partial charge in [-0.3, -0.25) is 0 Å². The van der Waals surface area contributed by atoms with E-state index in [2.05, 4.69) is 26.9 Å². The van der Waals surface area contributed by atoms with Gasteiger partial charge in [-0.1, -0.05) is 13.8 Å². The topological polar surface area (TPSA) is 65.0 Å². The maximum absolute atomic E-state index is 13.0.